The number of carbonyl (C=O) groups is 2. The van der Waals surface area contributed by atoms with E-state index < -0.39 is 11.9 Å². The predicted octanol–water partition coefficient (Wildman–Crippen LogP) is -8.97. The Balaban J connectivity index is -0.000000105. The standard InChI is InChI=1S/C6H10O4.C2H6O2.2Li/c7-5(8)3-1-2-4-6(9)10;3-1-2-4;;/h1-4H2,(H,7,8)(H,9,10);3-4H,1-2H2;;/q;;2*+1/p-2. The molecule has 0 saturated carbocycles. The first-order chi connectivity index (χ1) is 6.54. The van der Waals surface area contributed by atoms with Crippen LogP contribution in [-0.2, 0) is 9.59 Å². The zero-order chi connectivity index (χ0) is 11.4. The van der Waals surface area contributed by atoms with Gasteiger partial charge in [0.2, 0.25) is 0 Å². The van der Waals surface area contributed by atoms with Crippen LogP contribution in [-0.4, -0.2) is 35.4 Å². The molecule has 84 valence electrons. The molecule has 0 aliphatic heterocycles. The van der Waals surface area contributed by atoms with Crippen LogP contribution in [0, 0.1) is 0 Å². The van der Waals surface area contributed by atoms with Gasteiger partial charge in [0.25, 0.3) is 0 Å². The summed E-state index contributed by atoms with van der Waals surface area (Å²) in [5.41, 5.74) is 0. The van der Waals surface area contributed by atoms with Gasteiger partial charge in [0.15, 0.2) is 0 Å². The van der Waals surface area contributed by atoms with Crippen LogP contribution in [0.15, 0.2) is 0 Å². The van der Waals surface area contributed by atoms with E-state index in [1.807, 2.05) is 0 Å². The van der Waals surface area contributed by atoms with Crippen molar-refractivity contribution in [2.45, 2.75) is 25.7 Å². The van der Waals surface area contributed by atoms with Crippen LogP contribution in [0.5, 0.6) is 0 Å². The van der Waals surface area contributed by atoms with Gasteiger partial charge >= 0.3 is 37.7 Å². The molecule has 0 aromatic carbocycles. The molecule has 0 aromatic heterocycles. The van der Waals surface area contributed by atoms with Crippen LogP contribution in [0.4, 0.5) is 0 Å². The van der Waals surface area contributed by atoms with E-state index in [2.05, 4.69) is 0 Å². The second-order valence-electron chi connectivity index (χ2n) is 2.40. The van der Waals surface area contributed by atoms with Gasteiger partial charge in [-0.1, -0.05) is 0 Å². The molecular formula is C8H14Li2O6. The molecule has 0 aliphatic carbocycles. The Hall–Kier alpha value is 0.0548. The van der Waals surface area contributed by atoms with Crippen molar-refractivity contribution in [1.82, 2.24) is 0 Å². The molecule has 6 nitrogen and oxygen atoms in total. The summed E-state index contributed by atoms with van der Waals surface area (Å²) in [4.78, 5) is 19.5. The van der Waals surface area contributed by atoms with Crippen molar-refractivity contribution < 1.29 is 67.7 Å². The van der Waals surface area contributed by atoms with Crippen molar-refractivity contribution in [2.24, 2.45) is 0 Å². The van der Waals surface area contributed by atoms with Crippen LogP contribution in [0.25, 0.3) is 0 Å². The van der Waals surface area contributed by atoms with E-state index in [9.17, 15) is 19.8 Å². The third-order valence-corrected chi connectivity index (χ3v) is 1.11. The molecule has 0 spiro atoms. The summed E-state index contributed by atoms with van der Waals surface area (Å²) in [7, 11) is 0. The number of hydrogen-bond acceptors (Lipinski definition) is 6. The third kappa shape index (κ3) is 36.9. The Kier molecular flexibility index (Phi) is 32.0. The van der Waals surface area contributed by atoms with Gasteiger partial charge in [-0.15, -0.1) is 0 Å². The largest absolute Gasteiger partial charge is 1.00 e. The molecule has 0 radical (unpaired) electrons. The number of aliphatic carboxylic acids is 2. The summed E-state index contributed by atoms with van der Waals surface area (Å²) in [6, 6.07) is 0. The summed E-state index contributed by atoms with van der Waals surface area (Å²) in [5, 5.41) is 34.8. The van der Waals surface area contributed by atoms with Crippen LogP contribution >= 0.6 is 0 Å². The molecule has 0 unspecified atom stereocenters. The van der Waals surface area contributed by atoms with E-state index in [-0.39, 0.29) is 63.8 Å². The second-order valence-corrected chi connectivity index (χ2v) is 2.40. The van der Waals surface area contributed by atoms with E-state index in [4.69, 9.17) is 10.2 Å². The topological polar surface area (TPSA) is 121 Å². The molecule has 0 saturated heterocycles. The fourth-order valence-corrected chi connectivity index (χ4v) is 0.539. The minimum Gasteiger partial charge on any atom is -0.550 e. The Bertz CT molecular complexity index is 147. The van der Waals surface area contributed by atoms with Crippen molar-refractivity contribution in [3.8, 4) is 0 Å². The molecule has 2 N–H and O–H groups in total. The monoisotopic (exact) mass is 220 g/mol. The first-order valence-electron chi connectivity index (χ1n) is 4.16. The van der Waals surface area contributed by atoms with E-state index in [1.54, 1.807) is 0 Å². The van der Waals surface area contributed by atoms with Crippen LogP contribution in [0.1, 0.15) is 25.7 Å². The first-order valence-corrected chi connectivity index (χ1v) is 4.16. The Morgan fingerprint density at radius 1 is 0.812 bits per heavy atom. The number of aliphatic hydroxyl groups is 2. The number of rotatable bonds is 6. The molecule has 0 amide bonds. The molecule has 0 aromatic rings. The number of aliphatic hydroxyl groups excluding tert-OH is 2. The summed E-state index contributed by atoms with van der Waals surface area (Å²) in [5.74, 6) is -2.28. The minimum absolute atomic E-state index is 0. The molecule has 16 heavy (non-hydrogen) atoms. The summed E-state index contributed by atoms with van der Waals surface area (Å²) in [6.07, 6.45) is 0.535. The zero-order valence-corrected chi connectivity index (χ0v) is 9.77. The average Bonchev–Trinajstić information content (AvgIpc) is 2.12. The number of unbranched alkanes of at least 4 members (excludes halogenated alkanes) is 1. The predicted molar refractivity (Wildman–Crippen MR) is 42.7 cm³/mol. The Morgan fingerprint density at radius 2 is 1.06 bits per heavy atom. The van der Waals surface area contributed by atoms with Crippen molar-refractivity contribution in [3.63, 3.8) is 0 Å². The number of carboxylic acids is 2. The second kappa shape index (κ2) is 20.5. The van der Waals surface area contributed by atoms with Crippen molar-refractivity contribution in [2.75, 3.05) is 13.2 Å². The van der Waals surface area contributed by atoms with E-state index in [1.165, 1.54) is 0 Å². The zero-order valence-electron chi connectivity index (χ0n) is 9.77. The molecule has 8 heteroatoms. The van der Waals surface area contributed by atoms with Gasteiger partial charge in [-0.2, -0.15) is 0 Å². The smallest absolute Gasteiger partial charge is 0.550 e. The fourth-order valence-electron chi connectivity index (χ4n) is 0.539. The maximum atomic E-state index is 9.77. The molecule has 0 rings (SSSR count). The van der Waals surface area contributed by atoms with E-state index >= 15 is 0 Å². The van der Waals surface area contributed by atoms with Gasteiger partial charge in [-0.3, -0.25) is 0 Å². The molecule has 0 atom stereocenters. The minimum atomic E-state index is -1.14. The van der Waals surface area contributed by atoms with Gasteiger partial charge in [0, 0.05) is 11.9 Å². The molecular weight excluding hydrogens is 206 g/mol. The maximum absolute atomic E-state index is 9.77. The molecule has 0 heterocycles. The van der Waals surface area contributed by atoms with Crippen LogP contribution in [0.3, 0.4) is 0 Å². The average molecular weight is 220 g/mol. The number of hydrogen-bond donors (Lipinski definition) is 2. The summed E-state index contributed by atoms with van der Waals surface area (Å²) in [6.45, 7) is -0.250. The van der Waals surface area contributed by atoms with Crippen molar-refractivity contribution in [1.29, 1.82) is 0 Å². The third-order valence-electron chi connectivity index (χ3n) is 1.11. The first kappa shape index (κ1) is 25.0. The van der Waals surface area contributed by atoms with Crippen LogP contribution < -0.4 is 47.9 Å². The molecule has 0 fully saturated rings. The van der Waals surface area contributed by atoms with Gasteiger partial charge in [0.05, 0.1) is 13.2 Å². The fraction of sp³-hybridized carbons (Fsp3) is 0.750. The summed E-state index contributed by atoms with van der Waals surface area (Å²) >= 11 is 0. The van der Waals surface area contributed by atoms with E-state index in [0.717, 1.165) is 0 Å². The van der Waals surface area contributed by atoms with Gasteiger partial charge in [-0.05, 0) is 25.7 Å². The SMILES string of the molecule is O=C([O-])CCCCC(=O)[O-].OCCO.[Li+].[Li+]. The number of carboxylic acid groups (broad SMARTS) is 2. The quantitative estimate of drug-likeness (QED) is 0.338. The van der Waals surface area contributed by atoms with Crippen molar-refractivity contribution in [3.05, 3.63) is 0 Å². The van der Waals surface area contributed by atoms with Gasteiger partial charge < -0.3 is 30.0 Å². The van der Waals surface area contributed by atoms with Crippen molar-refractivity contribution >= 4 is 11.9 Å². The molecule has 0 bridgehead atoms. The Labute approximate surface area is 118 Å². The maximum Gasteiger partial charge on any atom is 1.00 e. The van der Waals surface area contributed by atoms with Gasteiger partial charge in [0.1, 0.15) is 0 Å². The Morgan fingerprint density at radius 3 is 1.19 bits per heavy atom. The molecule has 0 aliphatic rings. The van der Waals surface area contributed by atoms with Gasteiger partial charge in [-0.25, -0.2) is 0 Å². The normalized spacial score (nSPS) is 7.62. The van der Waals surface area contributed by atoms with Crippen LogP contribution in [0.2, 0.25) is 0 Å². The summed E-state index contributed by atoms with van der Waals surface area (Å²) < 4.78 is 0. The van der Waals surface area contributed by atoms with E-state index in [0.29, 0.717) is 12.8 Å². The number of carbonyl (C=O) groups excluding carboxylic acids is 2.